The van der Waals surface area contributed by atoms with Crippen LogP contribution in [0.25, 0.3) is 0 Å². The number of rotatable bonds is 2. The number of ketones is 1. The van der Waals surface area contributed by atoms with Gasteiger partial charge in [-0.15, -0.1) is 11.3 Å². The number of thiophene rings is 1. The van der Waals surface area contributed by atoms with Crippen LogP contribution in [0, 0.1) is 11.8 Å². The average Bonchev–Trinajstić information content (AvgIpc) is 2.58. The highest BCUT2D eigenvalue weighted by Gasteiger charge is 2.39. The Kier molecular flexibility index (Phi) is 1.97. The molecule has 0 aliphatic heterocycles. The van der Waals surface area contributed by atoms with E-state index in [1.807, 2.05) is 6.07 Å². The first-order chi connectivity index (χ1) is 5.68. The molecule has 1 aromatic rings. The van der Waals surface area contributed by atoms with Crippen LogP contribution in [0.4, 0.5) is 0 Å². The van der Waals surface area contributed by atoms with E-state index in [1.54, 1.807) is 6.07 Å². The van der Waals surface area contributed by atoms with E-state index < -0.39 is 0 Å². The first kappa shape index (κ1) is 8.27. The van der Waals surface area contributed by atoms with Crippen LogP contribution in [0.5, 0.6) is 0 Å². The Morgan fingerprint density at radius 3 is 2.75 bits per heavy atom. The van der Waals surface area contributed by atoms with Gasteiger partial charge >= 0.3 is 0 Å². The molecule has 0 amide bonds. The minimum atomic E-state index is 0.277. The summed E-state index contributed by atoms with van der Waals surface area (Å²) >= 11 is 7.11. The summed E-state index contributed by atoms with van der Waals surface area (Å²) in [6.45, 7) is 2.11. The van der Waals surface area contributed by atoms with E-state index in [1.165, 1.54) is 11.3 Å². The molecule has 1 aromatic heterocycles. The number of hydrogen-bond donors (Lipinski definition) is 0. The Morgan fingerprint density at radius 1 is 1.67 bits per heavy atom. The van der Waals surface area contributed by atoms with Gasteiger partial charge in [0.05, 0.1) is 9.21 Å². The fourth-order valence-electron chi connectivity index (χ4n) is 1.32. The fraction of sp³-hybridized carbons (Fsp3) is 0.444. The number of carbonyl (C=O) groups excluding carboxylic acids is 1. The van der Waals surface area contributed by atoms with Crippen molar-refractivity contribution in [3.63, 3.8) is 0 Å². The molecule has 1 fully saturated rings. The molecule has 1 heterocycles. The molecule has 1 aliphatic carbocycles. The third-order valence-corrected chi connectivity index (χ3v) is 3.51. The van der Waals surface area contributed by atoms with Crippen molar-refractivity contribution < 1.29 is 4.79 Å². The maximum atomic E-state index is 11.6. The van der Waals surface area contributed by atoms with Crippen molar-refractivity contribution in [1.29, 1.82) is 0 Å². The third-order valence-electron chi connectivity index (χ3n) is 2.26. The van der Waals surface area contributed by atoms with Gasteiger partial charge in [-0.2, -0.15) is 0 Å². The molecule has 2 atom stereocenters. The van der Waals surface area contributed by atoms with Crippen molar-refractivity contribution in [3.8, 4) is 0 Å². The standard InChI is InChI=1S/C9H9ClOS/c1-5-4-6(5)9(11)7-2-3-8(10)12-7/h2-3,5-6H,4H2,1H3. The molecule has 2 rings (SSSR count). The molecule has 1 saturated carbocycles. The van der Waals surface area contributed by atoms with Crippen LogP contribution in [0.3, 0.4) is 0 Å². The van der Waals surface area contributed by atoms with Crippen LogP contribution < -0.4 is 0 Å². The van der Waals surface area contributed by atoms with Crippen molar-refractivity contribution in [2.24, 2.45) is 11.8 Å². The quantitative estimate of drug-likeness (QED) is 0.670. The van der Waals surface area contributed by atoms with Crippen LogP contribution in [-0.4, -0.2) is 5.78 Å². The average molecular weight is 201 g/mol. The Morgan fingerprint density at radius 2 is 2.33 bits per heavy atom. The highest BCUT2D eigenvalue weighted by atomic mass is 35.5. The summed E-state index contributed by atoms with van der Waals surface area (Å²) in [6.07, 6.45) is 1.05. The lowest BCUT2D eigenvalue weighted by Crippen LogP contribution is -1.99. The van der Waals surface area contributed by atoms with Crippen molar-refractivity contribution >= 4 is 28.7 Å². The summed E-state index contributed by atoms with van der Waals surface area (Å²) in [5, 5.41) is 0. The molecule has 0 saturated heterocycles. The van der Waals surface area contributed by atoms with E-state index in [0.29, 0.717) is 10.3 Å². The summed E-state index contributed by atoms with van der Waals surface area (Å²) in [4.78, 5) is 12.4. The monoisotopic (exact) mass is 200 g/mol. The zero-order valence-corrected chi connectivity index (χ0v) is 8.28. The van der Waals surface area contributed by atoms with Gasteiger partial charge in [-0.1, -0.05) is 18.5 Å². The molecule has 2 unspecified atom stereocenters. The maximum absolute atomic E-state index is 11.6. The highest BCUT2D eigenvalue weighted by molar-refractivity contribution is 7.18. The molecule has 0 bridgehead atoms. The normalized spacial score (nSPS) is 27.2. The fourth-order valence-corrected chi connectivity index (χ4v) is 2.36. The number of halogens is 1. The predicted octanol–water partition coefficient (Wildman–Crippen LogP) is 3.24. The second kappa shape index (κ2) is 2.86. The van der Waals surface area contributed by atoms with Gasteiger partial charge in [0.2, 0.25) is 0 Å². The lowest BCUT2D eigenvalue weighted by molar-refractivity contribution is 0.0966. The molecule has 12 heavy (non-hydrogen) atoms. The molecule has 0 spiro atoms. The van der Waals surface area contributed by atoms with E-state index in [4.69, 9.17) is 11.6 Å². The second-order valence-corrected chi connectivity index (χ2v) is 5.00. The van der Waals surface area contributed by atoms with E-state index in [9.17, 15) is 4.79 Å². The summed E-state index contributed by atoms with van der Waals surface area (Å²) in [7, 11) is 0. The molecule has 0 N–H and O–H groups in total. The van der Waals surface area contributed by atoms with E-state index in [0.717, 1.165) is 11.3 Å². The zero-order chi connectivity index (χ0) is 8.72. The van der Waals surface area contributed by atoms with Gasteiger partial charge in [-0.3, -0.25) is 4.79 Å². The van der Waals surface area contributed by atoms with E-state index in [2.05, 4.69) is 6.92 Å². The lowest BCUT2D eigenvalue weighted by atomic mass is 10.2. The van der Waals surface area contributed by atoms with Gasteiger partial charge < -0.3 is 0 Å². The summed E-state index contributed by atoms with van der Waals surface area (Å²) in [5.74, 6) is 1.14. The predicted molar refractivity (Wildman–Crippen MR) is 50.9 cm³/mol. The second-order valence-electron chi connectivity index (χ2n) is 3.29. The van der Waals surface area contributed by atoms with Gasteiger partial charge in [0.25, 0.3) is 0 Å². The number of hydrogen-bond acceptors (Lipinski definition) is 2. The topological polar surface area (TPSA) is 17.1 Å². The number of carbonyl (C=O) groups is 1. The minimum Gasteiger partial charge on any atom is -0.293 e. The van der Waals surface area contributed by atoms with Gasteiger partial charge in [-0.05, 0) is 24.5 Å². The molecule has 1 nitrogen and oxygen atoms in total. The van der Waals surface area contributed by atoms with Crippen LogP contribution in [0.15, 0.2) is 12.1 Å². The summed E-state index contributed by atoms with van der Waals surface area (Å²) in [6, 6.07) is 3.60. The van der Waals surface area contributed by atoms with E-state index in [-0.39, 0.29) is 11.7 Å². The third kappa shape index (κ3) is 1.41. The highest BCUT2D eigenvalue weighted by Crippen LogP contribution is 2.41. The van der Waals surface area contributed by atoms with Crippen molar-refractivity contribution in [3.05, 3.63) is 21.3 Å². The molecule has 1 aliphatic rings. The van der Waals surface area contributed by atoms with Crippen molar-refractivity contribution in [2.75, 3.05) is 0 Å². The Bertz CT molecular complexity index is 318. The Hall–Kier alpha value is -0.340. The van der Waals surface area contributed by atoms with Crippen molar-refractivity contribution in [1.82, 2.24) is 0 Å². The smallest absolute Gasteiger partial charge is 0.176 e. The van der Waals surface area contributed by atoms with Crippen LogP contribution in [0.2, 0.25) is 4.34 Å². The van der Waals surface area contributed by atoms with Crippen LogP contribution in [-0.2, 0) is 0 Å². The zero-order valence-electron chi connectivity index (χ0n) is 6.71. The Balaban J connectivity index is 2.15. The summed E-state index contributed by atoms with van der Waals surface area (Å²) < 4.78 is 0.701. The minimum absolute atomic E-state index is 0.277. The van der Waals surface area contributed by atoms with Gasteiger partial charge in [0.1, 0.15) is 0 Å². The van der Waals surface area contributed by atoms with Crippen LogP contribution in [0.1, 0.15) is 23.0 Å². The van der Waals surface area contributed by atoms with Crippen LogP contribution >= 0.6 is 22.9 Å². The molecular formula is C9H9ClOS. The first-order valence-electron chi connectivity index (χ1n) is 3.98. The molecule has 3 heteroatoms. The van der Waals surface area contributed by atoms with E-state index >= 15 is 0 Å². The molecular weight excluding hydrogens is 192 g/mol. The largest absolute Gasteiger partial charge is 0.293 e. The number of Topliss-reactive ketones (excluding diaryl/α,β-unsaturated/α-hetero) is 1. The molecule has 0 radical (unpaired) electrons. The van der Waals surface area contributed by atoms with Gasteiger partial charge in [0.15, 0.2) is 5.78 Å². The van der Waals surface area contributed by atoms with Gasteiger partial charge in [0, 0.05) is 5.92 Å². The van der Waals surface area contributed by atoms with Crippen molar-refractivity contribution in [2.45, 2.75) is 13.3 Å². The molecule has 0 aromatic carbocycles. The summed E-state index contributed by atoms with van der Waals surface area (Å²) in [5.41, 5.74) is 0. The maximum Gasteiger partial charge on any atom is 0.176 e. The Labute approximate surface area is 80.4 Å². The first-order valence-corrected chi connectivity index (χ1v) is 5.17. The van der Waals surface area contributed by atoms with Gasteiger partial charge in [-0.25, -0.2) is 0 Å². The lowest BCUT2D eigenvalue weighted by Gasteiger charge is -1.91. The SMILES string of the molecule is CC1CC1C(=O)c1ccc(Cl)s1. The molecule has 64 valence electrons.